The molecular formula is C12H17NO4. The molecule has 0 amide bonds. The maximum atomic E-state index is 10.6. The van der Waals surface area contributed by atoms with Gasteiger partial charge in [-0.25, -0.2) is 4.79 Å². The number of hydrogen-bond acceptors (Lipinski definition) is 4. The molecule has 1 fully saturated rings. The van der Waals surface area contributed by atoms with Gasteiger partial charge >= 0.3 is 5.97 Å². The summed E-state index contributed by atoms with van der Waals surface area (Å²) in [4.78, 5) is 10.6. The summed E-state index contributed by atoms with van der Waals surface area (Å²) in [5.74, 6) is -0.434. The average molecular weight is 239 g/mol. The Balaban J connectivity index is 1.79. The zero-order chi connectivity index (χ0) is 12.3. The fourth-order valence-electron chi connectivity index (χ4n) is 2.01. The van der Waals surface area contributed by atoms with Crippen molar-refractivity contribution in [3.8, 4) is 0 Å². The van der Waals surface area contributed by atoms with Crippen LogP contribution < -0.4 is 5.32 Å². The first-order valence-electron chi connectivity index (χ1n) is 5.76. The third kappa shape index (κ3) is 3.08. The molecule has 1 aromatic rings. The topological polar surface area (TPSA) is 71.7 Å². The second kappa shape index (κ2) is 4.89. The van der Waals surface area contributed by atoms with Gasteiger partial charge in [-0.15, -0.1) is 0 Å². The Morgan fingerprint density at radius 1 is 1.59 bits per heavy atom. The van der Waals surface area contributed by atoms with Gasteiger partial charge < -0.3 is 19.6 Å². The monoisotopic (exact) mass is 239 g/mol. The molecule has 0 radical (unpaired) electrons. The number of rotatable bonds is 5. The lowest BCUT2D eigenvalue weighted by molar-refractivity contribution is 0.0203. The van der Waals surface area contributed by atoms with E-state index in [-0.39, 0.29) is 11.4 Å². The maximum absolute atomic E-state index is 10.6. The lowest BCUT2D eigenvalue weighted by Crippen LogP contribution is -2.36. The van der Waals surface area contributed by atoms with E-state index >= 15 is 0 Å². The Labute approximate surface area is 99.8 Å². The molecule has 0 spiro atoms. The van der Waals surface area contributed by atoms with Crippen molar-refractivity contribution in [2.75, 3.05) is 13.2 Å². The van der Waals surface area contributed by atoms with E-state index in [0.717, 1.165) is 26.0 Å². The van der Waals surface area contributed by atoms with E-state index in [0.29, 0.717) is 12.3 Å². The molecule has 0 bridgehead atoms. The molecule has 1 atom stereocenters. The van der Waals surface area contributed by atoms with E-state index in [4.69, 9.17) is 14.3 Å². The van der Waals surface area contributed by atoms with Crippen LogP contribution in [0.25, 0.3) is 0 Å². The van der Waals surface area contributed by atoms with Crippen molar-refractivity contribution in [1.29, 1.82) is 0 Å². The highest BCUT2D eigenvalue weighted by atomic mass is 16.5. The number of carbonyl (C=O) groups is 1. The molecule has 17 heavy (non-hydrogen) atoms. The Morgan fingerprint density at radius 2 is 2.41 bits per heavy atom. The zero-order valence-electron chi connectivity index (χ0n) is 9.86. The van der Waals surface area contributed by atoms with E-state index < -0.39 is 5.97 Å². The standard InChI is InChI=1S/C12H17NO4/c1-12(5-2-6-16-12)8-13-7-9-3-4-10(17-9)11(14)15/h3-4,13H,2,5-8H2,1H3,(H,14,15). The van der Waals surface area contributed by atoms with E-state index in [1.807, 2.05) is 0 Å². The van der Waals surface area contributed by atoms with Gasteiger partial charge in [0.05, 0.1) is 12.1 Å². The molecule has 1 saturated heterocycles. The van der Waals surface area contributed by atoms with E-state index in [2.05, 4.69) is 12.2 Å². The number of hydrogen-bond donors (Lipinski definition) is 2. The molecular weight excluding hydrogens is 222 g/mol. The van der Waals surface area contributed by atoms with Crippen LogP contribution in [0.1, 0.15) is 36.1 Å². The summed E-state index contributed by atoms with van der Waals surface area (Å²) in [5.41, 5.74) is -0.0950. The highest BCUT2D eigenvalue weighted by molar-refractivity contribution is 5.84. The molecule has 0 aliphatic carbocycles. The number of nitrogens with one attached hydrogen (secondary N) is 1. The third-order valence-corrected chi connectivity index (χ3v) is 2.97. The van der Waals surface area contributed by atoms with Crippen LogP contribution in [-0.2, 0) is 11.3 Å². The van der Waals surface area contributed by atoms with Crippen LogP contribution in [0.2, 0.25) is 0 Å². The molecule has 0 aromatic carbocycles. The van der Waals surface area contributed by atoms with Gasteiger partial charge in [-0.2, -0.15) is 0 Å². The summed E-state index contributed by atoms with van der Waals surface area (Å²) < 4.78 is 10.8. The number of furan rings is 1. The van der Waals surface area contributed by atoms with Crippen molar-refractivity contribution >= 4 is 5.97 Å². The second-order valence-electron chi connectivity index (χ2n) is 4.58. The minimum absolute atomic E-state index is 0.0230. The van der Waals surface area contributed by atoms with Crippen molar-refractivity contribution in [2.45, 2.75) is 31.9 Å². The van der Waals surface area contributed by atoms with Gasteiger partial charge in [0.15, 0.2) is 0 Å². The summed E-state index contributed by atoms with van der Waals surface area (Å²) in [6, 6.07) is 3.14. The number of aromatic carboxylic acids is 1. The molecule has 1 aliphatic rings. The van der Waals surface area contributed by atoms with Crippen LogP contribution >= 0.6 is 0 Å². The van der Waals surface area contributed by atoms with Gasteiger partial charge in [0, 0.05) is 13.2 Å². The molecule has 2 N–H and O–H groups in total. The first kappa shape index (κ1) is 12.1. The summed E-state index contributed by atoms with van der Waals surface area (Å²) >= 11 is 0. The zero-order valence-corrected chi connectivity index (χ0v) is 9.86. The fraction of sp³-hybridized carbons (Fsp3) is 0.583. The lowest BCUT2D eigenvalue weighted by atomic mass is 10.0. The number of ether oxygens (including phenoxy) is 1. The second-order valence-corrected chi connectivity index (χ2v) is 4.58. The van der Waals surface area contributed by atoms with Crippen LogP contribution in [0.15, 0.2) is 16.5 Å². The summed E-state index contributed by atoms with van der Waals surface area (Å²) in [6.45, 7) is 4.17. The van der Waals surface area contributed by atoms with Gasteiger partial charge in [-0.3, -0.25) is 0 Å². The van der Waals surface area contributed by atoms with Gasteiger partial charge in [0.1, 0.15) is 5.76 Å². The van der Waals surface area contributed by atoms with Crippen LogP contribution in [0.4, 0.5) is 0 Å². The highest BCUT2D eigenvalue weighted by Crippen LogP contribution is 2.24. The molecule has 1 unspecified atom stereocenters. The minimum atomic E-state index is -1.04. The Morgan fingerprint density at radius 3 is 3.00 bits per heavy atom. The molecule has 1 aliphatic heterocycles. The normalized spacial score (nSPS) is 24.1. The molecule has 0 saturated carbocycles. The number of carboxylic acid groups (broad SMARTS) is 1. The summed E-state index contributed by atoms with van der Waals surface area (Å²) in [7, 11) is 0. The molecule has 5 heteroatoms. The van der Waals surface area contributed by atoms with Gasteiger partial charge in [-0.1, -0.05) is 0 Å². The van der Waals surface area contributed by atoms with Crippen LogP contribution in [0.3, 0.4) is 0 Å². The van der Waals surface area contributed by atoms with Crippen molar-refractivity contribution in [3.05, 3.63) is 23.7 Å². The SMILES string of the molecule is CC1(CNCc2ccc(C(=O)O)o2)CCCO1. The maximum Gasteiger partial charge on any atom is 0.371 e. The Bertz CT molecular complexity index is 393. The van der Waals surface area contributed by atoms with Crippen molar-refractivity contribution < 1.29 is 19.1 Å². The Kier molecular flexibility index (Phi) is 3.49. The van der Waals surface area contributed by atoms with E-state index in [1.54, 1.807) is 6.07 Å². The summed E-state index contributed by atoms with van der Waals surface area (Å²) in [6.07, 6.45) is 2.15. The van der Waals surface area contributed by atoms with Crippen LogP contribution in [0, 0.1) is 0 Å². The predicted molar refractivity (Wildman–Crippen MR) is 61.0 cm³/mol. The Hall–Kier alpha value is -1.33. The van der Waals surface area contributed by atoms with Crippen LogP contribution in [0.5, 0.6) is 0 Å². The molecule has 94 valence electrons. The third-order valence-electron chi connectivity index (χ3n) is 2.97. The lowest BCUT2D eigenvalue weighted by Gasteiger charge is -2.23. The van der Waals surface area contributed by atoms with Gasteiger partial charge in [-0.05, 0) is 31.9 Å². The molecule has 2 heterocycles. The van der Waals surface area contributed by atoms with Crippen molar-refractivity contribution in [1.82, 2.24) is 5.32 Å². The van der Waals surface area contributed by atoms with Gasteiger partial charge in [0.2, 0.25) is 5.76 Å². The minimum Gasteiger partial charge on any atom is -0.475 e. The largest absolute Gasteiger partial charge is 0.475 e. The van der Waals surface area contributed by atoms with Crippen molar-refractivity contribution in [2.24, 2.45) is 0 Å². The van der Waals surface area contributed by atoms with E-state index in [9.17, 15) is 4.79 Å². The fourth-order valence-corrected chi connectivity index (χ4v) is 2.01. The van der Waals surface area contributed by atoms with Crippen LogP contribution in [-0.4, -0.2) is 29.8 Å². The quantitative estimate of drug-likeness (QED) is 0.817. The molecule has 1 aromatic heterocycles. The average Bonchev–Trinajstić information content (AvgIpc) is 2.88. The highest BCUT2D eigenvalue weighted by Gasteiger charge is 2.29. The number of carboxylic acids is 1. The first-order chi connectivity index (χ1) is 8.09. The summed E-state index contributed by atoms with van der Waals surface area (Å²) in [5, 5.41) is 11.9. The van der Waals surface area contributed by atoms with Gasteiger partial charge in [0.25, 0.3) is 0 Å². The predicted octanol–water partition coefficient (Wildman–Crippen LogP) is 1.64. The smallest absolute Gasteiger partial charge is 0.371 e. The molecule has 2 rings (SSSR count). The van der Waals surface area contributed by atoms with Crippen molar-refractivity contribution in [3.63, 3.8) is 0 Å². The molecule has 5 nitrogen and oxygen atoms in total. The first-order valence-corrected chi connectivity index (χ1v) is 5.76. The van der Waals surface area contributed by atoms with E-state index in [1.165, 1.54) is 6.07 Å².